The molecule has 0 aliphatic carbocycles. The lowest BCUT2D eigenvalue weighted by Crippen LogP contribution is -2.18. The lowest BCUT2D eigenvalue weighted by atomic mass is 9.96. The molecular weight excluding hydrogens is 376 g/mol. The maximum Gasteiger partial charge on any atom is 0.124 e. The van der Waals surface area contributed by atoms with Crippen molar-refractivity contribution in [1.82, 2.24) is 5.32 Å². The number of benzene rings is 2. The van der Waals surface area contributed by atoms with Crippen LogP contribution >= 0.6 is 22.6 Å². The van der Waals surface area contributed by atoms with Crippen molar-refractivity contribution < 1.29 is 4.39 Å². The summed E-state index contributed by atoms with van der Waals surface area (Å²) in [6.07, 6.45) is 1.10. The average molecular weight is 397 g/mol. The second-order valence-corrected chi connectivity index (χ2v) is 6.89. The molecule has 0 aliphatic heterocycles. The van der Waals surface area contributed by atoms with E-state index in [4.69, 9.17) is 0 Å². The molecule has 0 spiro atoms. The van der Waals surface area contributed by atoms with Gasteiger partial charge < -0.3 is 5.32 Å². The minimum absolute atomic E-state index is 0.0885. The molecular formula is C18H21FIN. The second-order valence-electron chi connectivity index (χ2n) is 5.73. The van der Waals surface area contributed by atoms with Gasteiger partial charge in [-0.15, -0.1) is 0 Å². The Morgan fingerprint density at radius 1 is 1.10 bits per heavy atom. The molecule has 0 saturated carbocycles. The molecule has 0 saturated heterocycles. The molecule has 2 aromatic rings. The predicted molar refractivity (Wildman–Crippen MR) is 95.0 cm³/mol. The van der Waals surface area contributed by atoms with E-state index in [2.05, 4.69) is 66.0 Å². The summed E-state index contributed by atoms with van der Waals surface area (Å²) in [7, 11) is 1.94. The molecule has 0 fully saturated rings. The Balaban J connectivity index is 2.28. The summed E-state index contributed by atoms with van der Waals surface area (Å²) in [6.45, 7) is 4.45. The molecule has 0 aliphatic rings. The van der Waals surface area contributed by atoms with Gasteiger partial charge in [0.25, 0.3) is 0 Å². The topological polar surface area (TPSA) is 12.0 Å². The largest absolute Gasteiger partial charge is 0.309 e. The van der Waals surface area contributed by atoms with E-state index in [-0.39, 0.29) is 11.9 Å². The number of hydrogen-bond donors (Lipinski definition) is 1. The Labute approximate surface area is 140 Å². The molecule has 2 rings (SSSR count). The zero-order valence-electron chi connectivity index (χ0n) is 12.7. The standard InChI is InChI=1S/C18H21FIN/c1-12(2)10-13-4-6-14(7-5-13)18(21-3)16-9-8-15(19)11-17(16)20/h4-9,11-12,18,21H,10H2,1-3H3. The fourth-order valence-corrected chi connectivity index (χ4v) is 3.34. The molecule has 0 bridgehead atoms. The highest BCUT2D eigenvalue weighted by Crippen LogP contribution is 2.27. The van der Waals surface area contributed by atoms with Crippen molar-refractivity contribution in [3.05, 3.63) is 68.5 Å². The number of hydrogen-bond acceptors (Lipinski definition) is 1. The molecule has 1 atom stereocenters. The lowest BCUT2D eigenvalue weighted by Gasteiger charge is -2.19. The Bertz CT molecular complexity index is 593. The van der Waals surface area contributed by atoms with E-state index in [0.29, 0.717) is 5.92 Å². The summed E-state index contributed by atoms with van der Waals surface area (Å²) < 4.78 is 14.2. The number of halogens is 2. The molecule has 1 nitrogen and oxygen atoms in total. The highest BCUT2D eigenvalue weighted by molar-refractivity contribution is 14.1. The fraction of sp³-hybridized carbons (Fsp3) is 0.333. The van der Waals surface area contributed by atoms with Crippen molar-refractivity contribution in [2.75, 3.05) is 7.05 Å². The molecule has 1 N–H and O–H groups in total. The summed E-state index contributed by atoms with van der Waals surface area (Å²) in [4.78, 5) is 0. The van der Waals surface area contributed by atoms with Gasteiger partial charge in [-0.1, -0.05) is 44.2 Å². The highest BCUT2D eigenvalue weighted by atomic mass is 127. The molecule has 0 aromatic heterocycles. The number of nitrogens with one attached hydrogen (secondary N) is 1. The first-order chi connectivity index (χ1) is 10.0. The molecule has 3 heteroatoms. The zero-order valence-corrected chi connectivity index (χ0v) is 14.8. The minimum atomic E-state index is -0.190. The van der Waals surface area contributed by atoms with Crippen LogP contribution in [0.3, 0.4) is 0 Å². The fourth-order valence-electron chi connectivity index (χ4n) is 2.55. The van der Waals surface area contributed by atoms with Crippen LogP contribution in [0, 0.1) is 15.3 Å². The van der Waals surface area contributed by atoms with Crippen LogP contribution in [0.2, 0.25) is 0 Å². The number of rotatable bonds is 5. The normalized spacial score (nSPS) is 12.7. The van der Waals surface area contributed by atoms with Crippen molar-refractivity contribution in [3.8, 4) is 0 Å². The van der Waals surface area contributed by atoms with Crippen LogP contribution in [0.4, 0.5) is 4.39 Å². The van der Waals surface area contributed by atoms with Crippen molar-refractivity contribution in [3.63, 3.8) is 0 Å². The van der Waals surface area contributed by atoms with Gasteiger partial charge in [-0.05, 0) is 70.8 Å². The van der Waals surface area contributed by atoms with Crippen LogP contribution in [0.1, 0.15) is 36.6 Å². The third kappa shape index (κ3) is 4.27. The molecule has 0 amide bonds. The smallest absolute Gasteiger partial charge is 0.124 e. The van der Waals surface area contributed by atoms with E-state index in [0.717, 1.165) is 15.6 Å². The van der Waals surface area contributed by atoms with Gasteiger partial charge in [0.15, 0.2) is 0 Å². The Hall–Kier alpha value is -0.940. The summed E-state index contributed by atoms with van der Waals surface area (Å²) in [5.74, 6) is 0.472. The quantitative estimate of drug-likeness (QED) is 0.705. The zero-order chi connectivity index (χ0) is 15.4. The molecule has 1 unspecified atom stereocenters. The van der Waals surface area contributed by atoms with E-state index in [9.17, 15) is 4.39 Å². The predicted octanol–water partition coefficient (Wildman–Crippen LogP) is 4.94. The summed E-state index contributed by atoms with van der Waals surface area (Å²) in [5.41, 5.74) is 3.67. The van der Waals surface area contributed by atoms with E-state index in [1.54, 1.807) is 6.07 Å². The van der Waals surface area contributed by atoms with Crippen LogP contribution in [-0.4, -0.2) is 7.05 Å². The van der Waals surface area contributed by atoms with E-state index < -0.39 is 0 Å². The van der Waals surface area contributed by atoms with Crippen molar-refractivity contribution in [2.24, 2.45) is 5.92 Å². The molecule has 21 heavy (non-hydrogen) atoms. The van der Waals surface area contributed by atoms with Crippen LogP contribution in [-0.2, 0) is 6.42 Å². The Morgan fingerprint density at radius 2 is 1.76 bits per heavy atom. The van der Waals surface area contributed by atoms with Crippen molar-refractivity contribution in [2.45, 2.75) is 26.3 Å². The van der Waals surface area contributed by atoms with Gasteiger partial charge in [-0.25, -0.2) is 4.39 Å². The van der Waals surface area contributed by atoms with Crippen LogP contribution in [0.15, 0.2) is 42.5 Å². The second kappa shape index (κ2) is 7.36. The Kier molecular flexibility index (Phi) is 5.76. The van der Waals surface area contributed by atoms with Crippen molar-refractivity contribution >= 4 is 22.6 Å². The van der Waals surface area contributed by atoms with E-state index in [1.165, 1.54) is 17.2 Å². The van der Waals surface area contributed by atoms with Gasteiger partial charge in [0.05, 0.1) is 6.04 Å². The first-order valence-corrected chi connectivity index (χ1v) is 8.30. The maximum absolute atomic E-state index is 13.3. The molecule has 0 heterocycles. The maximum atomic E-state index is 13.3. The first-order valence-electron chi connectivity index (χ1n) is 7.22. The molecule has 0 radical (unpaired) electrons. The van der Waals surface area contributed by atoms with Crippen LogP contribution in [0.5, 0.6) is 0 Å². The van der Waals surface area contributed by atoms with Crippen molar-refractivity contribution in [1.29, 1.82) is 0 Å². The van der Waals surface area contributed by atoms with Crippen LogP contribution in [0.25, 0.3) is 0 Å². The summed E-state index contributed by atoms with van der Waals surface area (Å²) >= 11 is 2.19. The highest BCUT2D eigenvalue weighted by Gasteiger charge is 2.15. The molecule has 112 valence electrons. The average Bonchev–Trinajstić information content (AvgIpc) is 2.43. The third-order valence-electron chi connectivity index (χ3n) is 3.52. The summed E-state index contributed by atoms with van der Waals surface area (Å²) in [6, 6.07) is 13.8. The van der Waals surface area contributed by atoms with Crippen LogP contribution < -0.4 is 5.32 Å². The summed E-state index contributed by atoms with van der Waals surface area (Å²) in [5, 5.41) is 3.33. The Morgan fingerprint density at radius 3 is 2.29 bits per heavy atom. The van der Waals surface area contributed by atoms with Gasteiger partial charge in [0, 0.05) is 3.57 Å². The lowest BCUT2D eigenvalue weighted by molar-refractivity contribution is 0.621. The SMILES string of the molecule is CNC(c1ccc(CC(C)C)cc1)c1ccc(F)cc1I. The van der Waals surface area contributed by atoms with E-state index in [1.807, 2.05) is 13.1 Å². The van der Waals surface area contributed by atoms with Gasteiger partial charge in [0.2, 0.25) is 0 Å². The van der Waals surface area contributed by atoms with Gasteiger partial charge in [0.1, 0.15) is 5.82 Å². The van der Waals surface area contributed by atoms with E-state index >= 15 is 0 Å². The monoisotopic (exact) mass is 397 g/mol. The van der Waals surface area contributed by atoms with Gasteiger partial charge in [-0.2, -0.15) is 0 Å². The van der Waals surface area contributed by atoms with Gasteiger partial charge >= 0.3 is 0 Å². The third-order valence-corrected chi connectivity index (χ3v) is 4.45. The minimum Gasteiger partial charge on any atom is -0.309 e. The first kappa shape index (κ1) is 16.4. The molecule has 2 aromatic carbocycles. The van der Waals surface area contributed by atoms with Gasteiger partial charge in [-0.3, -0.25) is 0 Å².